The third-order valence-electron chi connectivity index (χ3n) is 5.58. The van der Waals surface area contributed by atoms with E-state index in [0.717, 1.165) is 5.56 Å². The van der Waals surface area contributed by atoms with E-state index in [4.69, 9.17) is 22.8 Å². The topological polar surface area (TPSA) is 53.0 Å². The predicted octanol–water partition coefficient (Wildman–Crippen LogP) is 3.42. The molecule has 0 unspecified atom stereocenters. The number of hydrogen-bond donors (Lipinski definition) is 1. The third-order valence-corrected chi connectivity index (χ3v) is 5.94. The number of phenolic OH excluding ortho intramolecular Hbond substituents is 1. The van der Waals surface area contributed by atoms with Gasteiger partial charge >= 0.3 is 0 Å². The molecule has 0 radical (unpaired) electrons. The number of rotatable bonds is 2. The van der Waals surface area contributed by atoms with Crippen LogP contribution in [0.5, 0.6) is 11.5 Å². The summed E-state index contributed by atoms with van der Waals surface area (Å²) in [7, 11) is 0. The van der Waals surface area contributed by atoms with Gasteiger partial charge in [-0.3, -0.25) is 9.69 Å². The number of carbonyl (C=O) groups excluding carboxylic acids is 1. The molecule has 30 heavy (non-hydrogen) atoms. The Kier molecular flexibility index (Phi) is 5.42. The molecule has 2 heterocycles. The van der Waals surface area contributed by atoms with Gasteiger partial charge in [0.1, 0.15) is 23.9 Å². The van der Waals surface area contributed by atoms with Gasteiger partial charge in [-0.25, -0.2) is 4.39 Å². The Labute approximate surface area is 179 Å². The highest BCUT2D eigenvalue weighted by Gasteiger charge is 2.34. The fourth-order valence-corrected chi connectivity index (χ4v) is 4.44. The van der Waals surface area contributed by atoms with Crippen molar-refractivity contribution in [2.75, 3.05) is 26.2 Å². The van der Waals surface area contributed by atoms with Crippen LogP contribution in [0.1, 0.15) is 11.1 Å². The lowest BCUT2D eigenvalue weighted by molar-refractivity contribution is -0.129. The van der Waals surface area contributed by atoms with Crippen molar-refractivity contribution in [3.8, 4) is 35.0 Å². The number of benzene rings is 2. The molecular formula is C23H20ClFN2O3. The summed E-state index contributed by atoms with van der Waals surface area (Å²) < 4.78 is 20.6. The maximum Gasteiger partial charge on any atom is 0.246 e. The maximum atomic E-state index is 14.6. The van der Waals surface area contributed by atoms with Gasteiger partial charge in [0.15, 0.2) is 0 Å². The lowest BCUT2D eigenvalue weighted by atomic mass is 9.95. The predicted molar refractivity (Wildman–Crippen MR) is 113 cm³/mol. The van der Waals surface area contributed by atoms with Crippen LogP contribution >= 0.6 is 11.6 Å². The van der Waals surface area contributed by atoms with Gasteiger partial charge in [0.2, 0.25) is 5.91 Å². The Bertz CT molecular complexity index is 1060. The van der Waals surface area contributed by atoms with Crippen LogP contribution in [-0.2, 0) is 11.3 Å². The van der Waals surface area contributed by atoms with E-state index in [2.05, 4.69) is 17.4 Å². The van der Waals surface area contributed by atoms with Crippen molar-refractivity contribution >= 4 is 17.5 Å². The quantitative estimate of drug-likeness (QED) is 0.590. The molecule has 154 valence electrons. The van der Waals surface area contributed by atoms with E-state index in [0.29, 0.717) is 44.1 Å². The van der Waals surface area contributed by atoms with E-state index in [1.54, 1.807) is 11.0 Å². The molecule has 5 nitrogen and oxygen atoms in total. The second-order valence-electron chi connectivity index (χ2n) is 7.30. The minimum absolute atomic E-state index is 0.0225. The van der Waals surface area contributed by atoms with E-state index >= 15 is 0 Å². The van der Waals surface area contributed by atoms with Gasteiger partial charge in [-0.15, -0.1) is 6.42 Å². The molecule has 2 aliphatic rings. The van der Waals surface area contributed by atoms with Crippen LogP contribution in [-0.4, -0.2) is 53.1 Å². The van der Waals surface area contributed by atoms with Crippen LogP contribution in [0.15, 0.2) is 36.9 Å². The van der Waals surface area contributed by atoms with Gasteiger partial charge in [0.25, 0.3) is 0 Å². The number of aromatic hydroxyl groups is 1. The number of hydrogen-bond acceptors (Lipinski definition) is 4. The second kappa shape index (κ2) is 8.02. The van der Waals surface area contributed by atoms with E-state index < -0.39 is 5.82 Å². The van der Waals surface area contributed by atoms with E-state index in [1.165, 1.54) is 24.3 Å². The molecule has 1 fully saturated rings. The molecule has 0 bridgehead atoms. The first-order valence-electron chi connectivity index (χ1n) is 9.52. The number of phenols is 1. The highest BCUT2D eigenvalue weighted by atomic mass is 35.5. The first kappa shape index (κ1) is 20.3. The molecule has 4 rings (SSSR count). The largest absolute Gasteiger partial charge is 0.507 e. The van der Waals surface area contributed by atoms with Gasteiger partial charge in [0, 0.05) is 42.9 Å². The van der Waals surface area contributed by atoms with Crippen molar-refractivity contribution in [2.45, 2.75) is 12.6 Å². The highest BCUT2D eigenvalue weighted by molar-refractivity contribution is 6.35. The molecule has 0 saturated carbocycles. The first-order valence-corrected chi connectivity index (χ1v) is 9.90. The van der Waals surface area contributed by atoms with Crippen LogP contribution < -0.4 is 4.74 Å². The maximum absolute atomic E-state index is 14.6. The molecule has 0 aliphatic carbocycles. The average molecular weight is 427 g/mol. The minimum atomic E-state index is -0.627. The minimum Gasteiger partial charge on any atom is -0.507 e. The Morgan fingerprint density at radius 2 is 2.20 bits per heavy atom. The first-order chi connectivity index (χ1) is 14.4. The average Bonchev–Trinajstić information content (AvgIpc) is 2.93. The number of fused-ring (bicyclic) bond motifs is 2. The Balaban J connectivity index is 1.76. The summed E-state index contributed by atoms with van der Waals surface area (Å²) in [6.45, 7) is 6.17. The third kappa shape index (κ3) is 3.41. The number of terminal acetylenes is 1. The number of amides is 1. The lowest BCUT2D eigenvalue weighted by Crippen LogP contribution is -2.55. The Morgan fingerprint density at radius 1 is 1.40 bits per heavy atom. The number of ether oxygens (including phenoxy) is 1. The van der Waals surface area contributed by atoms with Gasteiger partial charge in [-0.2, -0.15) is 0 Å². The molecule has 1 amide bonds. The molecule has 7 heteroatoms. The summed E-state index contributed by atoms with van der Waals surface area (Å²) >= 11 is 6.67. The van der Waals surface area contributed by atoms with E-state index in [-0.39, 0.29) is 33.8 Å². The Hall–Kier alpha value is -3.01. The van der Waals surface area contributed by atoms with E-state index in [1.807, 2.05) is 0 Å². The van der Waals surface area contributed by atoms with E-state index in [9.17, 15) is 14.3 Å². The van der Waals surface area contributed by atoms with Gasteiger partial charge < -0.3 is 14.7 Å². The van der Waals surface area contributed by atoms with Crippen LogP contribution in [0.2, 0.25) is 5.02 Å². The summed E-state index contributed by atoms with van der Waals surface area (Å²) in [6, 6.07) is 5.76. The van der Waals surface area contributed by atoms with Crippen molar-refractivity contribution in [3.05, 3.63) is 58.9 Å². The van der Waals surface area contributed by atoms with Gasteiger partial charge in [-0.1, -0.05) is 30.2 Å². The molecule has 2 aromatic rings. The monoisotopic (exact) mass is 426 g/mol. The van der Waals surface area contributed by atoms with Gasteiger partial charge in [0.05, 0.1) is 16.6 Å². The molecule has 2 aromatic carbocycles. The molecule has 0 aromatic heterocycles. The van der Waals surface area contributed by atoms with Crippen molar-refractivity contribution in [3.63, 3.8) is 0 Å². The smallest absolute Gasteiger partial charge is 0.246 e. The number of halogens is 2. The van der Waals surface area contributed by atoms with Crippen LogP contribution in [0.4, 0.5) is 4.39 Å². The normalized spacial score (nSPS) is 18.4. The summed E-state index contributed by atoms with van der Waals surface area (Å²) in [5.41, 5.74) is 1.35. The summed E-state index contributed by atoms with van der Waals surface area (Å²) in [5.74, 6) is 1.99. The van der Waals surface area contributed by atoms with Crippen LogP contribution in [0.25, 0.3) is 11.1 Å². The second-order valence-corrected chi connectivity index (χ2v) is 7.68. The van der Waals surface area contributed by atoms with Crippen LogP contribution in [0.3, 0.4) is 0 Å². The summed E-state index contributed by atoms with van der Waals surface area (Å²) in [5, 5.41) is 10.4. The SMILES string of the molecule is C#Cc1cc2c(c(Cl)c1-c1c(O)cccc1F)OC[C@H]1CN(C(=O)C=C)CCN1C2. The van der Waals surface area contributed by atoms with Crippen molar-refractivity contribution < 1.29 is 19.0 Å². The fourth-order valence-electron chi connectivity index (χ4n) is 4.06. The van der Waals surface area contributed by atoms with Crippen molar-refractivity contribution in [1.82, 2.24) is 9.80 Å². The zero-order valence-corrected chi connectivity index (χ0v) is 17.0. The summed E-state index contributed by atoms with van der Waals surface area (Å²) in [6.07, 6.45) is 7.02. The highest BCUT2D eigenvalue weighted by Crippen LogP contribution is 2.45. The van der Waals surface area contributed by atoms with Gasteiger partial charge in [-0.05, 0) is 24.3 Å². The molecular weight excluding hydrogens is 407 g/mol. The molecule has 1 saturated heterocycles. The number of nitrogens with zero attached hydrogens (tertiary/aromatic N) is 2. The van der Waals surface area contributed by atoms with Crippen LogP contribution in [0, 0.1) is 18.2 Å². The summed E-state index contributed by atoms with van der Waals surface area (Å²) in [4.78, 5) is 16.0. The lowest BCUT2D eigenvalue weighted by Gasteiger charge is -2.39. The molecule has 1 N–H and O–H groups in total. The standard InChI is InChI=1S/C23H20ClFN2O3/c1-3-14-10-15-11-26-8-9-27(19(29)4-2)12-16(26)13-30-23(15)22(24)20(14)21-17(25)6-5-7-18(21)28/h1,4-7,10,16,28H,2,8-9,11-13H2/t16-/m1/s1. The zero-order valence-electron chi connectivity index (χ0n) is 16.2. The zero-order chi connectivity index (χ0) is 21.4. The fraction of sp³-hybridized carbons (Fsp3) is 0.261. The molecule has 1 atom stereocenters. The van der Waals surface area contributed by atoms with Crippen molar-refractivity contribution in [1.29, 1.82) is 0 Å². The number of carbonyl (C=O) groups is 1. The van der Waals surface area contributed by atoms with Crippen molar-refractivity contribution in [2.24, 2.45) is 0 Å². The Morgan fingerprint density at radius 3 is 2.90 bits per heavy atom. The molecule has 2 aliphatic heterocycles. The molecule has 0 spiro atoms. The number of piperazine rings is 1.